The summed E-state index contributed by atoms with van der Waals surface area (Å²) in [6, 6.07) is 7.52. The van der Waals surface area contributed by atoms with E-state index in [1.54, 1.807) is 24.3 Å². The first-order chi connectivity index (χ1) is 15.5. The van der Waals surface area contributed by atoms with Crippen LogP contribution in [0.1, 0.15) is 49.8 Å². The minimum Gasteiger partial charge on any atom is -0.484 e. The van der Waals surface area contributed by atoms with Crippen molar-refractivity contribution in [2.75, 3.05) is 30.9 Å². The van der Waals surface area contributed by atoms with E-state index < -0.39 is 0 Å². The van der Waals surface area contributed by atoms with E-state index in [4.69, 9.17) is 26.3 Å². The van der Waals surface area contributed by atoms with Crippen LogP contribution in [0.25, 0.3) is 0 Å². The third kappa shape index (κ3) is 5.82. The standard InChI is InChI=1S/C24H32ClN5O2/c1-30(2)23-20-5-3-4-6-21(20)28-24(29-23)27-18-11-9-17(10-12-18)26-22(31)15-32-19-13-7-16(25)8-14-19/h7-8,13-14,17-18H,3-6,9-12,15H2,1-2H3,(H,26,31)(H,27,28,29). The molecule has 1 heterocycles. The number of aromatic nitrogens is 2. The number of rotatable bonds is 7. The van der Waals surface area contributed by atoms with Gasteiger partial charge in [0.2, 0.25) is 5.95 Å². The highest BCUT2D eigenvalue weighted by atomic mass is 35.5. The molecule has 4 rings (SSSR count). The lowest BCUT2D eigenvalue weighted by Crippen LogP contribution is -2.42. The summed E-state index contributed by atoms with van der Waals surface area (Å²) in [4.78, 5) is 24.0. The fourth-order valence-corrected chi connectivity index (χ4v) is 4.65. The molecule has 7 nitrogen and oxygen atoms in total. The molecule has 1 aromatic carbocycles. The number of benzene rings is 1. The number of halogens is 1. The predicted molar refractivity (Wildman–Crippen MR) is 128 cm³/mol. The molecule has 2 N–H and O–H groups in total. The van der Waals surface area contributed by atoms with Crippen molar-refractivity contribution in [2.45, 2.75) is 63.5 Å². The molecular formula is C24H32ClN5O2. The van der Waals surface area contributed by atoms with E-state index >= 15 is 0 Å². The summed E-state index contributed by atoms with van der Waals surface area (Å²) < 4.78 is 5.54. The van der Waals surface area contributed by atoms with Gasteiger partial charge in [0.15, 0.2) is 6.61 Å². The molecule has 2 aliphatic carbocycles. The number of anilines is 2. The molecule has 1 fully saturated rings. The highest BCUT2D eigenvalue weighted by Gasteiger charge is 2.25. The second-order valence-corrected chi connectivity index (χ2v) is 9.34. The number of aryl methyl sites for hydroxylation is 1. The van der Waals surface area contributed by atoms with Crippen molar-refractivity contribution < 1.29 is 9.53 Å². The molecule has 2 aromatic rings. The summed E-state index contributed by atoms with van der Waals surface area (Å²) in [5.74, 6) is 2.32. The van der Waals surface area contributed by atoms with Gasteiger partial charge in [-0.15, -0.1) is 0 Å². The Labute approximate surface area is 194 Å². The predicted octanol–water partition coefficient (Wildman–Crippen LogP) is 3.99. The number of hydrogen-bond donors (Lipinski definition) is 2. The monoisotopic (exact) mass is 457 g/mol. The van der Waals surface area contributed by atoms with Crippen LogP contribution in [0, 0.1) is 0 Å². The van der Waals surface area contributed by atoms with Gasteiger partial charge < -0.3 is 20.3 Å². The van der Waals surface area contributed by atoms with Crippen LogP contribution in [0.3, 0.4) is 0 Å². The van der Waals surface area contributed by atoms with Crippen LogP contribution < -0.4 is 20.3 Å². The number of fused-ring (bicyclic) bond motifs is 1. The zero-order valence-electron chi connectivity index (χ0n) is 18.9. The number of amides is 1. The van der Waals surface area contributed by atoms with Crippen LogP contribution in [0.15, 0.2) is 24.3 Å². The minimum absolute atomic E-state index is 0.0100. The topological polar surface area (TPSA) is 79.4 Å². The SMILES string of the molecule is CN(C)c1nc(NC2CCC(NC(=O)COc3ccc(Cl)cc3)CC2)nc2c1CCCC2. The van der Waals surface area contributed by atoms with Gasteiger partial charge in [0.1, 0.15) is 11.6 Å². The lowest BCUT2D eigenvalue weighted by atomic mass is 9.91. The van der Waals surface area contributed by atoms with E-state index in [1.807, 2.05) is 14.1 Å². The van der Waals surface area contributed by atoms with Crippen LogP contribution >= 0.6 is 11.6 Å². The first-order valence-corrected chi connectivity index (χ1v) is 11.9. The summed E-state index contributed by atoms with van der Waals surface area (Å²) in [6.07, 6.45) is 8.31. The smallest absolute Gasteiger partial charge is 0.258 e. The molecule has 172 valence electrons. The fraction of sp³-hybridized carbons (Fsp3) is 0.542. The summed E-state index contributed by atoms with van der Waals surface area (Å²) in [7, 11) is 4.09. The number of carbonyl (C=O) groups excluding carboxylic acids is 1. The maximum atomic E-state index is 12.3. The molecule has 1 aromatic heterocycles. The molecule has 2 aliphatic rings. The number of hydrogen-bond acceptors (Lipinski definition) is 6. The summed E-state index contributed by atoms with van der Waals surface area (Å²) >= 11 is 5.87. The quantitative estimate of drug-likeness (QED) is 0.654. The van der Waals surface area contributed by atoms with Crippen molar-refractivity contribution in [1.29, 1.82) is 0 Å². The lowest BCUT2D eigenvalue weighted by Gasteiger charge is -2.30. The van der Waals surface area contributed by atoms with E-state index in [0.717, 1.165) is 50.3 Å². The van der Waals surface area contributed by atoms with E-state index in [1.165, 1.54) is 24.1 Å². The van der Waals surface area contributed by atoms with Crippen LogP contribution in [-0.4, -0.2) is 48.7 Å². The molecule has 32 heavy (non-hydrogen) atoms. The second-order valence-electron chi connectivity index (χ2n) is 8.90. The van der Waals surface area contributed by atoms with Gasteiger partial charge in [-0.2, -0.15) is 4.98 Å². The Morgan fingerprint density at radius 1 is 1.06 bits per heavy atom. The molecule has 0 bridgehead atoms. The fourth-order valence-electron chi connectivity index (χ4n) is 4.52. The number of carbonyl (C=O) groups is 1. The molecule has 1 saturated carbocycles. The summed E-state index contributed by atoms with van der Waals surface area (Å²) in [5.41, 5.74) is 2.50. The molecule has 0 radical (unpaired) electrons. The van der Waals surface area contributed by atoms with Gasteiger partial charge in [-0.05, 0) is 75.6 Å². The number of nitrogens with one attached hydrogen (secondary N) is 2. The van der Waals surface area contributed by atoms with E-state index in [-0.39, 0.29) is 18.6 Å². The molecule has 1 amide bonds. The Morgan fingerprint density at radius 2 is 1.75 bits per heavy atom. The molecule has 0 spiro atoms. The van der Waals surface area contributed by atoms with Gasteiger partial charge in [0.25, 0.3) is 5.91 Å². The van der Waals surface area contributed by atoms with Crippen molar-refractivity contribution in [3.63, 3.8) is 0 Å². The molecule has 0 atom stereocenters. The Balaban J connectivity index is 1.25. The second kappa shape index (κ2) is 10.4. The highest BCUT2D eigenvalue weighted by molar-refractivity contribution is 6.30. The van der Waals surface area contributed by atoms with Gasteiger partial charge in [-0.25, -0.2) is 4.98 Å². The van der Waals surface area contributed by atoms with Gasteiger partial charge in [0, 0.05) is 36.8 Å². The molecule has 8 heteroatoms. The molecule has 0 unspecified atom stereocenters. The van der Waals surface area contributed by atoms with Crippen molar-refractivity contribution in [3.8, 4) is 5.75 Å². The van der Waals surface area contributed by atoms with Crippen LogP contribution in [0.5, 0.6) is 5.75 Å². The average Bonchev–Trinajstić information content (AvgIpc) is 2.79. The largest absolute Gasteiger partial charge is 0.484 e. The van der Waals surface area contributed by atoms with Gasteiger partial charge in [0.05, 0.1) is 5.69 Å². The lowest BCUT2D eigenvalue weighted by molar-refractivity contribution is -0.124. The van der Waals surface area contributed by atoms with Crippen molar-refractivity contribution in [1.82, 2.24) is 15.3 Å². The maximum Gasteiger partial charge on any atom is 0.258 e. The zero-order chi connectivity index (χ0) is 22.5. The van der Waals surface area contributed by atoms with Crippen molar-refractivity contribution in [2.24, 2.45) is 0 Å². The highest BCUT2D eigenvalue weighted by Crippen LogP contribution is 2.29. The number of nitrogens with zero attached hydrogens (tertiary/aromatic N) is 3. The average molecular weight is 458 g/mol. The Morgan fingerprint density at radius 3 is 2.47 bits per heavy atom. The molecule has 0 saturated heterocycles. The number of ether oxygens (including phenoxy) is 1. The first kappa shape index (κ1) is 22.6. The summed E-state index contributed by atoms with van der Waals surface area (Å²) in [5, 5.41) is 7.29. The Bertz CT molecular complexity index is 927. The van der Waals surface area contributed by atoms with Crippen molar-refractivity contribution in [3.05, 3.63) is 40.5 Å². The summed E-state index contributed by atoms with van der Waals surface area (Å²) in [6.45, 7) is 0.0100. The van der Waals surface area contributed by atoms with Gasteiger partial charge >= 0.3 is 0 Å². The van der Waals surface area contributed by atoms with Gasteiger partial charge in [-0.3, -0.25) is 4.79 Å². The zero-order valence-corrected chi connectivity index (χ0v) is 19.6. The third-order valence-electron chi connectivity index (χ3n) is 6.19. The maximum absolute atomic E-state index is 12.3. The Hall–Kier alpha value is -2.54. The van der Waals surface area contributed by atoms with E-state index in [9.17, 15) is 4.79 Å². The Kier molecular flexibility index (Phi) is 7.35. The van der Waals surface area contributed by atoms with Crippen molar-refractivity contribution >= 4 is 29.3 Å². The van der Waals surface area contributed by atoms with Crippen LogP contribution in [0.4, 0.5) is 11.8 Å². The van der Waals surface area contributed by atoms with Gasteiger partial charge in [-0.1, -0.05) is 11.6 Å². The first-order valence-electron chi connectivity index (χ1n) is 11.5. The minimum atomic E-state index is -0.0926. The van der Waals surface area contributed by atoms with E-state index in [0.29, 0.717) is 16.8 Å². The normalized spacial score (nSPS) is 20.2. The van der Waals surface area contributed by atoms with Crippen LogP contribution in [-0.2, 0) is 17.6 Å². The molecular weight excluding hydrogens is 426 g/mol. The van der Waals surface area contributed by atoms with Crippen LogP contribution in [0.2, 0.25) is 5.02 Å². The van der Waals surface area contributed by atoms with E-state index in [2.05, 4.69) is 15.5 Å². The third-order valence-corrected chi connectivity index (χ3v) is 6.45. The molecule has 0 aliphatic heterocycles.